The topological polar surface area (TPSA) is 49.4 Å². The van der Waals surface area contributed by atoms with E-state index in [1.54, 1.807) is 24.3 Å². The smallest absolute Gasteiger partial charge is 0.241 e. The maximum Gasteiger partial charge on any atom is 0.241 e. The zero-order chi connectivity index (χ0) is 13.7. The Bertz CT molecular complexity index is 519. The molecule has 0 amide bonds. The van der Waals surface area contributed by atoms with Crippen LogP contribution in [0.5, 0.6) is 0 Å². The number of halogens is 2. The molecule has 2 rings (SSSR count). The molecular weight excluding hydrogens is 364 g/mol. The summed E-state index contributed by atoms with van der Waals surface area (Å²) in [4.78, 5) is 2.68. The number of nitrogens with one attached hydrogen (secondary N) is 1. The van der Waals surface area contributed by atoms with E-state index in [2.05, 4.69) is 25.6 Å². The summed E-state index contributed by atoms with van der Waals surface area (Å²) in [6.45, 7) is 3.76. The summed E-state index contributed by atoms with van der Waals surface area (Å²) in [5.74, 6) is 0. The minimum absolute atomic E-state index is 0. The van der Waals surface area contributed by atoms with Gasteiger partial charge in [0, 0.05) is 11.0 Å². The molecule has 114 valence electrons. The van der Waals surface area contributed by atoms with E-state index in [0.717, 1.165) is 26.1 Å². The van der Waals surface area contributed by atoms with Gasteiger partial charge in [-0.1, -0.05) is 12.1 Å². The molecule has 0 spiro atoms. The average molecular weight is 384 g/mol. The summed E-state index contributed by atoms with van der Waals surface area (Å²) in [7, 11) is -3.40. The lowest BCUT2D eigenvalue weighted by molar-refractivity contribution is 0.334. The van der Waals surface area contributed by atoms with Crippen LogP contribution in [0.25, 0.3) is 0 Å². The minimum atomic E-state index is -3.40. The number of hydrogen-bond acceptors (Lipinski definition) is 3. The van der Waals surface area contributed by atoms with Crippen molar-refractivity contribution in [3.63, 3.8) is 0 Å². The molecular formula is C13H20BrClN2O2S. The van der Waals surface area contributed by atoms with Crippen LogP contribution >= 0.6 is 28.3 Å². The van der Waals surface area contributed by atoms with Gasteiger partial charge in [0.05, 0.1) is 4.90 Å². The Kier molecular flexibility index (Phi) is 7.47. The lowest BCUT2D eigenvalue weighted by Crippen LogP contribution is -2.29. The molecule has 1 aromatic carbocycles. The van der Waals surface area contributed by atoms with Crippen LogP contribution in [0.1, 0.15) is 19.3 Å². The molecule has 0 saturated carbocycles. The first kappa shape index (κ1) is 17.9. The summed E-state index contributed by atoms with van der Waals surface area (Å²) in [6.07, 6.45) is 3.38. The second kappa shape index (κ2) is 8.34. The quantitative estimate of drug-likeness (QED) is 0.768. The molecule has 1 fully saturated rings. The Balaban J connectivity index is 0.00000200. The molecule has 0 atom stereocenters. The highest BCUT2D eigenvalue weighted by Crippen LogP contribution is 2.20. The standard InChI is InChI=1S/C13H19BrN2O2S.ClH/c14-12-6-1-2-7-13(12)19(17,18)15-8-5-11-16-9-3-4-10-16;/h1-2,6-7,15H,3-5,8-11H2;1H. The Morgan fingerprint density at radius 1 is 1.20 bits per heavy atom. The molecule has 4 nitrogen and oxygen atoms in total. The van der Waals surface area contributed by atoms with Gasteiger partial charge in [-0.05, 0) is 67.0 Å². The Labute approximate surface area is 135 Å². The van der Waals surface area contributed by atoms with Crippen molar-refractivity contribution in [2.75, 3.05) is 26.2 Å². The zero-order valence-electron chi connectivity index (χ0n) is 11.2. The largest absolute Gasteiger partial charge is 0.303 e. The second-order valence-electron chi connectivity index (χ2n) is 4.73. The maximum absolute atomic E-state index is 12.1. The van der Waals surface area contributed by atoms with Crippen molar-refractivity contribution >= 4 is 38.4 Å². The van der Waals surface area contributed by atoms with E-state index in [4.69, 9.17) is 0 Å². The van der Waals surface area contributed by atoms with Crippen LogP contribution in [-0.4, -0.2) is 39.5 Å². The minimum Gasteiger partial charge on any atom is -0.303 e. The summed E-state index contributed by atoms with van der Waals surface area (Å²) < 4.78 is 27.4. The molecule has 1 saturated heterocycles. The van der Waals surface area contributed by atoms with E-state index in [-0.39, 0.29) is 12.4 Å². The lowest BCUT2D eigenvalue weighted by atomic mass is 10.4. The molecule has 0 bridgehead atoms. The van der Waals surface area contributed by atoms with Crippen molar-refractivity contribution in [1.82, 2.24) is 9.62 Å². The highest BCUT2D eigenvalue weighted by Gasteiger charge is 2.16. The van der Waals surface area contributed by atoms with Gasteiger partial charge >= 0.3 is 0 Å². The summed E-state index contributed by atoms with van der Waals surface area (Å²) in [5, 5.41) is 0. The average Bonchev–Trinajstić information content (AvgIpc) is 2.88. The first-order chi connectivity index (χ1) is 9.09. The van der Waals surface area contributed by atoms with Gasteiger partial charge < -0.3 is 4.90 Å². The first-order valence-corrected chi connectivity index (χ1v) is 8.84. The summed E-state index contributed by atoms with van der Waals surface area (Å²) in [6, 6.07) is 6.87. The zero-order valence-corrected chi connectivity index (χ0v) is 14.4. The number of nitrogens with zero attached hydrogens (tertiary/aromatic N) is 1. The molecule has 20 heavy (non-hydrogen) atoms. The van der Waals surface area contributed by atoms with Gasteiger partial charge in [-0.3, -0.25) is 0 Å². The number of sulfonamides is 1. The third-order valence-corrected chi connectivity index (χ3v) is 5.74. The van der Waals surface area contributed by atoms with Crippen LogP contribution in [0.15, 0.2) is 33.6 Å². The molecule has 0 radical (unpaired) electrons. The molecule has 0 aromatic heterocycles. The monoisotopic (exact) mass is 382 g/mol. The van der Waals surface area contributed by atoms with Gasteiger partial charge in [0.25, 0.3) is 0 Å². The first-order valence-electron chi connectivity index (χ1n) is 6.56. The van der Waals surface area contributed by atoms with Gasteiger partial charge in [0.1, 0.15) is 0 Å². The molecule has 1 heterocycles. The van der Waals surface area contributed by atoms with Crippen LogP contribution in [0.2, 0.25) is 0 Å². The van der Waals surface area contributed by atoms with Crippen molar-refractivity contribution in [2.24, 2.45) is 0 Å². The van der Waals surface area contributed by atoms with E-state index in [1.807, 2.05) is 0 Å². The van der Waals surface area contributed by atoms with Gasteiger partial charge in [0.15, 0.2) is 0 Å². The van der Waals surface area contributed by atoms with Crippen LogP contribution < -0.4 is 4.72 Å². The van der Waals surface area contributed by atoms with Gasteiger partial charge in [0.2, 0.25) is 10.0 Å². The summed E-state index contributed by atoms with van der Waals surface area (Å²) in [5.41, 5.74) is 0. The fourth-order valence-corrected chi connectivity index (χ4v) is 4.33. The number of likely N-dealkylation sites (tertiary alicyclic amines) is 1. The molecule has 1 N–H and O–H groups in total. The molecule has 0 unspecified atom stereocenters. The third-order valence-electron chi connectivity index (χ3n) is 3.27. The molecule has 1 aliphatic heterocycles. The van der Waals surface area contributed by atoms with Crippen LogP contribution in [-0.2, 0) is 10.0 Å². The van der Waals surface area contributed by atoms with Crippen molar-refractivity contribution in [3.05, 3.63) is 28.7 Å². The molecule has 1 aliphatic rings. The molecule has 7 heteroatoms. The van der Waals surface area contributed by atoms with E-state index in [0.29, 0.717) is 15.9 Å². The lowest BCUT2D eigenvalue weighted by Gasteiger charge is -2.14. The van der Waals surface area contributed by atoms with Crippen LogP contribution in [0.4, 0.5) is 0 Å². The SMILES string of the molecule is Cl.O=S(=O)(NCCCN1CCCC1)c1ccccc1Br. The number of rotatable bonds is 6. The predicted molar refractivity (Wildman–Crippen MR) is 86.9 cm³/mol. The third kappa shape index (κ3) is 5.00. The Hall–Kier alpha value is -0.140. The Morgan fingerprint density at radius 3 is 2.50 bits per heavy atom. The van der Waals surface area contributed by atoms with E-state index in [1.165, 1.54) is 12.8 Å². The van der Waals surface area contributed by atoms with Gasteiger partial charge in [-0.2, -0.15) is 0 Å². The normalized spacial score (nSPS) is 16.1. The predicted octanol–water partition coefficient (Wildman–Crippen LogP) is 2.64. The molecule has 0 aliphatic carbocycles. The van der Waals surface area contributed by atoms with E-state index < -0.39 is 10.0 Å². The van der Waals surface area contributed by atoms with E-state index >= 15 is 0 Å². The van der Waals surface area contributed by atoms with Crippen molar-refractivity contribution in [3.8, 4) is 0 Å². The highest BCUT2D eigenvalue weighted by molar-refractivity contribution is 9.10. The number of hydrogen-bond donors (Lipinski definition) is 1. The van der Waals surface area contributed by atoms with E-state index in [9.17, 15) is 8.42 Å². The van der Waals surface area contributed by atoms with Gasteiger partial charge in [-0.15, -0.1) is 12.4 Å². The maximum atomic E-state index is 12.1. The van der Waals surface area contributed by atoms with Crippen molar-refractivity contribution < 1.29 is 8.42 Å². The highest BCUT2D eigenvalue weighted by atomic mass is 79.9. The second-order valence-corrected chi connectivity index (χ2v) is 7.32. The Morgan fingerprint density at radius 2 is 1.85 bits per heavy atom. The van der Waals surface area contributed by atoms with Gasteiger partial charge in [-0.25, -0.2) is 13.1 Å². The van der Waals surface area contributed by atoms with Crippen molar-refractivity contribution in [1.29, 1.82) is 0 Å². The van der Waals surface area contributed by atoms with Crippen LogP contribution in [0, 0.1) is 0 Å². The number of benzene rings is 1. The summed E-state index contributed by atoms with van der Waals surface area (Å²) >= 11 is 3.27. The van der Waals surface area contributed by atoms with Crippen LogP contribution in [0.3, 0.4) is 0 Å². The van der Waals surface area contributed by atoms with Crippen molar-refractivity contribution in [2.45, 2.75) is 24.2 Å². The molecule has 1 aromatic rings. The fourth-order valence-electron chi connectivity index (χ4n) is 2.26. The fraction of sp³-hybridized carbons (Fsp3) is 0.538.